The Morgan fingerprint density at radius 1 is 0.905 bits per heavy atom. The Bertz CT molecular complexity index is 1880. The van der Waals surface area contributed by atoms with E-state index in [0.29, 0.717) is 22.8 Å². The van der Waals surface area contributed by atoms with Crippen molar-refractivity contribution in [2.45, 2.75) is 12.1 Å². The quantitative estimate of drug-likeness (QED) is 0.281. The van der Waals surface area contributed by atoms with Gasteiger partial charge < -0.3 is 10.4 Å². The lowest BCUT2D eigenvalue weighted by Crippen LogP contribution is -2.44. The third kappa shape index (κ3) is 5.22. The van der Waals surface area contributed by atoms with Crippen molar-refractivity contribution in [3.8, 4) is 22.4 Å². The largest absolute Gasteiger partial charge is 0.381 e. The van der Waals surface area contributed by atoms with Crippen LogP contribution in [0.4, 0.5) is 13.2 Å². The molecule has 0 spiro atoms. The second kappa shape index (κ2) is 10.9. The normalized spacial score (nSPS) is 12.8. The van der Waals surface area contributed by atoms with Crippen molar-refractivity contribution < 1.29 is 23.1 Å². The van der Waals surface area contributed by atoms with Crippen LogP contribution in [0.1, 0.15) is 15.9 Å². The summed E-state index contributed by atoms with van der Waals surface area (Å²) in [4.78, 5) is 21.2. The molecule has 0 fully saturated rings. The van der Waals surface area contributed by atoms with Gasteiger partial charge in [0.05, 0.1) is 24.2 Å². The van der Waals surface area contributed by atoms with Gasteiger partial charge in [0, 0.05) is 41.3 Å². The monoisotopic (exact) mass is 569 g/mol. The van der Waals surface area contributed by atoms with Gasteiger partial charge >= 0.3 is 0 Å². The Morgan fingerprint density at radius 3 is 2.38 bits per heavy atom. The molecule has 4 heterocycles. The van der Waals surface area contributed by atoms with Crippen LogP contribution in [0.3, 0.4) is 0 Å². The SMILES string of the molecule is O=C(NCC(O)(Cn1cncn1)c1ccc(F)cc1F)c1ccc2c(-c3ccncc3)c(-c3ccc(F)cc3)nn2c1. The predicted octanol–water partition coefficient (Wildman–Crippen LogP) is 4.39. The van der Waals surface area contributed by atoms with Gasteiger partial charge in [0.15, 0.2) is 0 Å². The van der Waals surface area contributed by atoms with E-state index in [-0.39, 0.29) is 23.5 Å². The van der Waals surface area contributed by atoms with E-state index in [1.54, 1.807) is 41.2 Å². The zero-order chi connectivity index (χ0) is 29.3. The lowest BCUT2D eigenvalue weighted by Gasteiger charge is -2.29. The van der Waals surface area contributed by atoms with Gasteiger partial charge in [-0.2, -0.15) is 10.2 Å². The maximum Gasteiger partial charge on any atom is 0.252 e. The van der Waals surface area contributed by atoms with Crippen molar-refractivity contribution in [2.75, 3.05) is 6.54 Å². The first-order valence-corrected chi connectivity index (χ1v) is 12.8. The number of amides is 1. The highest BCUT2D eigenvalue weighted by molar-refractivity contribution is 5.96. The Kier molecular flexibility index (Phi) is 6.97. The fourth-order valence-corrected chi connectivity index (χ4v) is 4.81. The first-order chi connectivity index (χ1) is 20.3. The van der Waals surface area contributed by atoms with Crippen LogP contribution in [0.2, 0.25) is 0 Å². The number of halogens is 3. The Hall–Kier alpha value is -5.36. The minimum atomic E-state index is -1.98. The van der Waals surface area contributed by atoms with Gasteiger partial charge in [0.2, 0.25) is 0 Å². The Labute approximate surface area is 236 Å². The van der Waals surface area contributed by atoms with Gasteiger partial charge in [-0.05, 0) is 60.2 Å². The third-order valence-corrected chi connectivity index (χ3v) is 6.84. The lowest BCUT2D eigenvalue weighted by atomic mass is 9.92. The first kappa shape index (κ1) is 26.8. The molecule has 1 atom stereocenters. The van der Waals surface area contributed by atoms with Crippen LogP contribution in [0, 0.1) is 17.5 Å². The molecule has 0 radical (unpaired) electrons. The number of carbonyl (C=O) groups is 1. The summed E-state index contributed by atoms with van der Waals surface area (Å²) in [6, 6.07) is 15.7. The number of hydrogen-bond acceptors (Lipinski definition) is 6. The van der Waals surface area contributed by atoms with Crippen molar-refractivity contribution >= 4 is 11.4 Å². The summed E-state index contributed by atoms with van der Waals surface area (Å²) in [6.45, 7) is -0.682. The molecule has 1 unspecified atom stereocenters. The number of nitrogens with zero attached hydrogens (tertiary/aromatic N) is 6. The Balaban J connectivity index is 1.33. The van der Waals surface area contributed by atoms with Crippen molar-refractivity contribution in [3.63, 3.8) is 0 Å². The molecule has 9 nitrogen and oxygen atoms in total. The predicted molar refractivity (Wildman–Crippen MR) is 146 cm³/mol. The number of pyridine rings is 2. The average molecular weight is 570 g/mol. The van der Waals surface area contributed by atoms with E-state index in [2.05, 4.69) is 20.4 Å². The molecule has 1 amide bonds. The molecular weight excluding hydrogens is 547 g/mol. The molecule has 0 bridgehead atoms. The minimum Gasteiger partial charge on any atom is -0.381 e. The molecule has 2 N–H and O–H groups in total. The number of rotatable bonds is 8. The topological polar surface area (TPSA) is 110 Å². The van der Waals surface area contributed by atoms with E-state index in [1.807, 2.05) is 12.1 Å². The molecule has 210 valence electrons. The molecule has 2 aromatic carbocycles. The van der Waals surface area contributed by atoms with Gasteiger partial charge in [-0.3, -0.25) is 9.78 Å². The minimum absolute atomic E-state index is 0.208. The summed E-state index contributed by atoms with van der Waals surface area (Å²) in [7, 11) is 0. The van der Waals surface area contributed by atoms with Crippen LogP contribution >= 0.6 is 0 Å². The number of aromatic nitrogens is 6. The molecule has 0 aliphatic heterocycles. The Morgan fingerprint density at radius 2 is 1.67 bits per heavy atom. The molecule has 4 aromatic heterocycles. The molecule has 42 heavy (non-hydrogen) atoms. The highest BCUT2D eigenvalue weighted by atomic mass is 19.1. The summed E-state index contributed by atoms with van der Waals surface area (Å²) >= 11 is 0. The van der Waals surface area contributed by atoms with Gasteiger partial charge in [-0.1, -0.05) is 6.07 Å². The van der Waals surface area contributed by atoms with Gasteiger partial charge in [-0.15, -0.1) is 0 Å². The second-order valence-corrected chi connectivity index (χ2v) is 9.65. The molecule has 0 saturated heterocycles. The highest BCUT2D eigenvalue weighted by Gasteiger charge is 2.34. The van der Waals surface area contributed by atoms with Crippen LogP contribution in [-0.2, 0) is 12.1 Å². The van der Waals surface area contributed by atoms with E-state index >= 15 is 0 Å². The fourth-order valence-electron chi connectivity index (χ4n) is 4.81. The standard InChI is InChI=1S/C30H22F3N7O2/c31-22-4-1-20(2-5-22)28-27(19-9-11-34-12-10-19)26-8-3-21(14-40(26)38-28)29(41)36-15-30(42,16-39-18-35-17-37-39)24-7-6-23(32)13-25(24)33/h1-14,17-18,42H,15-16H2,(H,36,41). The molecule has 12 heteroatoms. The van der Waals surface area contributed by atoms with Crippen LogP contribution in [0.15, 0.2) is 98.0 Å². The van der Waals surface area contributed by atoms with Crippen LogP contribution in [0.5, 0.6) is 0 Å². The number of carbonyl (C=O) groups excluding carboxylic acids is 1. The maximum atomic E-state index is 14.7. The number of fused-ring (bicyclic) bond motifs is 1. The fraction of sp³-hybridized carbons (Fsp3) is 0.100. The van der Waals surface area contributed by atoms with E-state index in [4.69, 9.17) is 5.10 Å². The average Bonchev–Trinajstić information content (AvgIpc) is 3.64. The maximum absolute atomic E-state index is 14.7. The van der Waals surface area contributed by atoms with E-state index in [0.717, 1.165) is 23.3 Å². The molecule has 6 rings (SSSR count). The van der Waals surface area contributed by atoms with E-state index in [9.17, 15) is 23.1 Å². The van der Waals surface area contributed by atoms with Crippen LogP contribution in [0.25, 0.3) is 27.9 Å². The zero-order valence-electron chi connectivity index (χ0n) is 21.8. The smallest absolute Gasteiger partial charge is 0.252 e. The summed E-state index contributed by atoms with van der Waals surface area (Å²) in [6.07, 6.45) is 7.41. The molecule has 0 aliphatic carbocycles. The van der Waals surface area contributed by atoms with Crippen molar-refractivity contribution in [1.82, 2.24) is 34.7 Å². The van der Waals surface area contributed by atoms with E-state index < -0.39 is 29.7 Å². The third-order valence-electron chi connectivity index (χ3n) is 6.84. The summed E-state index contributed by atoms with van der Waals surface area (Å²) in [5, 5.41) is 22.8. The van der Waals surface area contributed by atoms with Crippen LogP contribution in [-0.4, -0.2) is 46.9 Å². The molecule has 6 aromatic rings. The van der Waals surface area contributed by atoms with Crippen molar-refractivity contribution in [2.24, 2.45) is 0 Å². The molecule has 0 aliphatic rings. The van der Waals surface area contributed by atoms with Crippen molar-refractivity contribution in [3.05, 3.63) is 127 Å². The van der Waals surface area contributed by atoms with Crippen LogP contribution < -0.4 is 5.32 Å². The summed E-state index contributed by atoms with van der Waals surface area (Å²) in [5.41, 5.74) is 1.55. The van der Waals surface area contributed by atoms with E-state index in [1.165, 1.54) is 35.7 Å². The second-order valence-electron chi connectivity index (χ2n) is 9.65. The van der Waals surface area contributed by atoms with Gasteiger partial charge in [0.25, 0.3) is 5.91 Å². The first-order valence-electron chi connectivity index (χ1n) is 12.8. The van der Waals surface area contributed by atoms with Crippen molar-refractivity contribution in [1.29, 1.82) is 0 Å². The number of hydrogen-bond donors (Lipinski definition) is 2. The summed E-state index contributed by atoms with van der Waals surface area (Å²) < 4.78 is 44.8. The van der Waals surface area contributed by atoms with Gasteiger partial charge in [-0.25, -0.2) is 27.4 Å². The lowest BCUT2D eigenvalue weighted by molar-refractivity contribution is 0.0120. The zero-order valence-corrected chi connectivity index (χ0v) is 21.8. The number of aliphatic hydroxyl groups is 1. The molecular formula is C30H22F3N7O2. The van der Waals surface area contributed by atoms with Gasteiger partial charge in [0.1, 0.15) is 41.4 Å². The summed E-state index contributed by atoms with van der Waals surface area (Å²) in [5.74, 6) is -2.72. The number of benzene rings is 2. The number of nitrogens with one attached hydrogen (secondary N) is 1. The highest BCUT2D eigenvalue weighted by Crippen LogP contribution is 2.35. The molecule has 0 saturated carbocycles.